The zero-order valence-corrected chi connectivity index (χ0v) is 16.7. The number of nitriles is 1. The maximum atomic E-state index is 12.9. The Kier molecular flexibility index (Phi) is 8.33. The lowest BCUT2D eigenvalue weighted by Gasteiger charge is -2.19. The maximum absolute atomic E-state index is 12.9. The number of carbonyl (C=O) groups excluding carboxylic acids is 2. The Hall–Kier alpha value is -2.93. The van der Waals surface area contributed by atoms with E-state index in [0.29, 0.717) is 6.07 Å². The highest BCUT2D eigenvalue weighted by Crippen LogP contribution is 2.36. The van der Waals surface area contributed by atoms with Gasteiger partial charge < -0.3 is 20.7 Å². The van der Waals surface area contributed by atoms with Gasteiger partial charge in [-0.25, -0.2) is 4.79 Å². The molecule has 0 fully saturated rings. The summed E-state index contributed by atoms with van der Waals surface area (Å²) in [5, 5.41) is 15.9. The van der Waals surface area contributed by atoms with Crippen LogP contribution in [0.15, 0.2) is 30.0 Å². The Morgan fingerprint density at radius 1 is 1.24 bits per heavy atom. The molecule has 1 aromatic rings. The minimum absolute atomic E-state index is 0.151. The molecule has 0 atom stereocenters. The average molecular weight is 433 g/mol. The van der Waals surface area contributed by atoms with Crippen LogP contribution in [-0.4, -0.2) is 30.7 Å². The summed E-state index contributed by atoms with van der Waals surface area (Å²) in [6, 6.07) is 4.49. The molecular weight excluding hydrogens is 413 g/mol. The van der Waals surface area contributed by atoms with Crippen LogP contribution >= 0.6 is 11.6 Å². The average Bonchev–Trinajstić information content (AvgIpc) is 2.57. The van der Waals surface area contributed by atoms with Crippen LogP contribution in [0.5, 0.6) is 0 Å². The Balaban J connectivity index is 2.62. The predicted octanol–water partition coefficient (Wildman–Crippen LogP) is 3.82. The van der Waals surface area contributed by atoms with Gasteiger partial charge in [0.05, 0.1) is 10.6 Å². The molecule has 0 radical (unpaired) electrons. The molecule has 7 nitrogen and oxygen atoms in total. The standard InChI is InChI=1S/C18H20ClF3N4O3/c1-17(2,3)29-16(28)25-7-6-24-10-11(9-23)15(27)26-12-4-5-14(19)13(8-12)18(20,21)22/h4-5,8,10,24H,6-7H2,1-3H3,(H,25,28)(H,26,27)/b11-10-. The highest BCUT2D eigenvalue weighted by molar-refractivity contribution is 6.31. The molecule has 11 heteroatoms. The van der Waals surface area contributed by atoms with E-state index in [-0.39, 0.29) is 24.4 Å². The molecule has 0 saturated carbocycles. The lowest BCUT2D eigenvalue weighted by Crippen LogP contribution is -2.35. The van der Waals surface area contributed by atoms with E-state index in [1.807, 2.05) is 0 Å². The molecule has 158 valence electrons. The molecule has 1 aromatic carbocycles. The Morgan fingerprint density at radius 2 is 1.90 bits per heavy atom. The monoisotopic (exact) mass is 432 g/mol. The summed E-state index contributed by atoms with van der Waals surface area (Å²) >= 11 is 5.52. The number of carbonyl (C=O) groups is 2. The SMILES string of the molecule is CC(C)(C)OC(=O)NCCN/C=C(/C#N)C(=O)Nc1ccc(Cl)c(C(F)(F)F)c1. The second-order valence-corrected chi connectivity index (χ2v) is 7.11. The molecule has 0 aliphatic rings. The normalized spacial score (nSPS) is 12.0. The summed E-state index contributed by atoms with van der Waals surface area (Å²) in [7, 11) is 0. The van der Waals surface area contributed by atoms with Gasteiger partial charge in [0.2, 0.25) is 0 Å². The van der Waals surface area contributed by atoms with Crippen molar-refractivity contribution in [1.82, 2.24) is 10.6 Å². The summed E-state index contributed by atoms with van der Waals surface area (Å²) in [5.74, 6) is -0.907. The van der Waals surface area contributed by atoms with E-state index in [1.54, 1.807) is 26.8 Å². The lowest BCUT2D eigenvalue weighted by molar-refractivity contribution is -0.137. The predicted molar refractivity (Wildman–Crippen MR) is 101 cm³/mol. The molecular formula is C18H20ClF3N4O3. The van der Waals surface area contributed by atoms with Gasteiger partial charge in [-0.05, 0) is 39.0 Å². The molecule has 2 amide bonds. The van der Waals surface area contributed by atoms with Gasteiger partial charge in [-0.3, -0.25) is 4.79 Å². The fraction of sp³-hybridized carbons (Fsp3) is 0.389. The van der Waals surface area contributed by atoms with Crippen LogP contribution in [0.3, 0.4) is 0 Å². The van der Waals surface area contributed by atoms with Crippen molar-refractivity contribution in [3.05, 3.63) is 40.6 Å². The molecule has 0 heterocycles. The number of hydrogen-bond acceptors (Lipinski definition) is 5. The molecule has 1 rings (SSSR count). The molecule has 0 unspecified atom stereocenters. The van der Waals surface area contributed by atoms with E-state index in [4.69, 9.17) is 21.6 Å². The first-order valence-corrected chi connectivity index (χ1v) is 8.70. The van der Waals surface area contributed by atoms with Gasteiger partial charge in [-0.1, -0.05) is 11.6 Å². The molecule has 0 aliphatic heterocycles. The van der Waals surface area contributed by atoms with Crippen LogP contribution in [0.1, 0.15) is 26.3 Å². The summed E-state index contributed by atoms with van der Waals surface area (Å²) in [6.07, 6.45) is -4.22. The van der Waals surface area contributed by atoms with Gasteiger partial charge in [-0.15, -0.1) is 0 Å². The first kappa shape index (κ1) is 24.1. The van der Waals surface area contributed by atoms with Gasteiger partial charge >= 0.3 is 12.3 Å². The molecule has 0 aromatic heterocycles. The van der Waals surface area contributed by atoms with E-state index in [1.165, 1.54) is 6.07 Å². The minimum Gasteiger partial charge on any atom is -0.444 e. The van der Waals surface area contributed by atoms with Crippen molar-refractivity contribution in [3.63, 3.8) is 0 Å². The second-order valence-electron chi connectivity index (χ2n) is 6.70. The summed E-state index contributed by atoms with van der Waals surface area (Å²) in [6.45, 7) is 5.46. The quantitative estimate of drug-likeness (QED) is 0.360. The molecule has 0 aliphatic carbocycles. The van der Waals surface area contributed by atoms with Crippen molar-refractivity contribution in [2.24, 2.45) is 0 Å². The maximum Gasteiger partial charge on any atom is 0.417 e. The number of amides is 2. The van der Waals surface area contributed by atoms with Crippen molar-refractivity contribution in [2.45, 2.75) is 32.5 Å². The number of rotatable bonds is 6. The first-order chi connectivity index (χ1) is 13.3. The van der Waals surface area contributed by atoms with Crippen molar-refractivity contribution >= 4 is 29.3 Å². The van der Waals surface area contributed by atoms with E-state index in [2.05, 4.69) is 16.0 Å². The molecule has 3 N–H and O–H groups in total. The summed E-state index contributed by atoms with van der Waals surface area (Å²) < 4.78 is 43.6. The number of nitrogens with zero attached hydrogens (tertiary/aromatic N) is 1. The summed E-state index contributed by atoms with van der Waals surface area (Å²) in [5.41, 5.74) is -2.28. The fourth-order valence-corrected chi connectivity index (χ4v) is 2.12. The Bertz CT molecular complexity index is 827. The third kappa shape index (κ3) is 8.74. The van der Waals surface area contributed by atoms with Gasteiger partial charge in [0.15, 0.2) is 0 Å². The van der Waals surface area contributed by atoms with Crippen molar-refractivity contribution < 1.29 is 27.5 Å². The molecule has 0 spiro atoms. The zero-order chi connectivity index (χ0) is 22.2. The number of alkyl carbamates (subject to hydrolysis) is 1. The highest BCUT2D eigenvalue weighted by atomic mass is 35.5. The number of benzene rings is 1. The highest BCUT2D eigenvalue weighted by Gasteiger charge is 2.33. The van der Waals surface area contributed by atoms with Gasteiger partial charge in [-0.2, -0.15) is 18.4 Å². The summed E-state index contributed by atoms with van der Waals surface area (Å²) in [4.78, 5) is 23.5. The number of nitrogens with one attached hydrogen (secondary N) is 3. The number of anilines is 1. The van der Waals surface area contributed by atoms with Crippen molar-refractivity contribution in [2.75, 3.05) is 18.4 Å². The third-order valence-corrected chi connectivity index (χ3v) is 3.41. The molecule has 0 bridgehead atoms. The number of ether oxygens (including phenoxy) is 1. The van der Waals surface area contributed by atoms with E-state index < -0.39 is 34.4 Å². The van der Waals surface area contributed by atoms with Crippen LogP contribution in [-0.2, 0) is 15.7 Å². The smallest absolute Gasteiger partial charge is 0.417 e. The van der Waals surface area contributed by atoms with Crippen molar-refractivity contribution in [3.8, 4) is 6.07 Å². The number of alkyl halides is 3. The van der Waals surface area contributed by atoms with Crippen LogP contribution in [0.4, 0.5) is 23.7 Å². The lowest BCUT2D eigenvalue weighted by atomic mass is 10.2. The van der Waals surface area contributed by atoms with Crippen LogP contribution in [0.25, 0.3) is 0 Å². The van der Waals surface area contributed by atoms with Gasteiger partial charge in [0.25, 0.3) is 5.91 Å². The zero-order valence-electron chi connectivity index (χ0n) is 15.9. The Labute approximate surface area is 170 Å². The Morgan fingerprint density at radius 3 is 2.45 bits per heavy atom. The second kappa shape index (κ2) is 10.0. The van der Waals surface area contributed by atoms with Crippen molar-refractivity contribution in [1.29, 1.82) is 5.26 Å². The topological polar surface area (TPSA) is 103 Å². The third-order valence-electron chi connectivity index (χ3n) is 3.08. The van der Waals surface area contributed by atoms with E-state index in [9.17, 15) is 22.8 Å². The van der Waals surface area contributed by atoms with E-state index >= 15 is 0 Å². The minimum atomic E-state index is -4.69. The first-order valence-electron chi connectivity index (χ1n) is 8.32. The van der Waals surface area contributed by atoms with Crippen LogP contribution < -0.4 is 16.0 Å². The van der Waals surface area contributed by atoms with Crippen LogP contribution in [0, 0.1) is 11.3 Å². The van der Waals surface area contributed by atoms with Gasteiger partial charge in [0, 0.05) is 25.0 Å². The number of halogens is 4. The largest absolute Gasteiger partial charge is 0.444 e. The molecule has 29 heavy (non-hydrogen) atoms. The number of hydrogen-bond donors (Lipinski definition) is 3. The van der Waals surface area contributed by atoms with E-state index in [0.717, 1.165) is 12.3 Å². The van der Waals surface area contributed by atoms with Gasteiger partial charge in [0.1, 0.15) is 17.2 Å². The molecule has 0 saturated heterocycles. The van der Waals surface area contributed by atoms with Crippen LogP contribution in [0.2, 0.25) is 5.02 Å². The fourth-order valence-electron chi connectivity index (χ4n) is 1.89.